The van der Waals surface area contributed by atoms with Crippen LogP contribution in [0, 0.1) is 0 Å². The van der Waals surface area contributed by atoms with Gasteiger partial charge >= 0.3 is 0 Å². The Morgan fingerprint density at radius 1 is 1.25 bits per heavy atom. The molecule has 4 unspecified atom stereocenters. The molecular formula is C6H13BO5. The molecule has 0 saturated heterocycles. The van der Waals surface area contributed by atoms with Crippen LogP contribution in [0.1, 0.15) is 6.92 Å². The molecule has 0 aliphatic rings. The summed E-state index contributed by atoms with van der Waals surface area (Å²) >= 11 is 0. The smallest absolute Gasteiger partial charge is 0.283 e. The van der Waals surface area contributed by atoms with Gasteiger partial charge in [0.2, 0.25) is 0 Å². The van der Waals surface area contributed by atoms with Crippen molar-refractivity contribution in [3.63, 3.8) is 0 Å². The Labute approximate surface area is 72.0 Å². The van der Waals surface area contributed by atoms with Crippen LogP contribution in [0.3, 0.4) is 0 Å². The van der Waals surface area contributed by atoms with E-state index in [4.69, 9.17) is 23.4 Å². The van der Waals surface area contributed by atoms with Gasteiger partial charge in [0, 0.05) is 0 Å². The minimum absolute atomic E-state index is 0.526. The minimum atomic E-state index is -1.40. The van der Waals surface area contributed by atoms with Crippen molar-refractivity contribution < 1.29 is 25.1 Å². The Hall–Kier alpha value is -0.135. The molecule has 0 aliphatic heterocycles. The molecule has 0 aromatic rings. The van der Waals surface area contributed by atoms with Gasteiger partial charge in [0.25, 0.3) is 8.05 Å². The van der Waals surface area contributed by atoms with Crippen molar-refractivity contribution in [1.82, 2.24) is 0 Å². The third-order valence-corrected chi connectivity index (χ3v) is 1.58. The zero-order valence-corrected chi connectivity index (χ0v) is 6.79. The SMILES string of the molecule is [B]OC(CO)C(O)C(O)C(C)O. The summed E-state index contributed by atoms with van der Waals surface area (Å²) < 4.78 is 4.16. The lowest BCUT2D eigenvalue weighted by molar-refractivity contribution is -0.102. The predicted octanol–water partition coefficient (Wildman–Crippen LogP) is -2.45. The van der Waals surface area contributed by atoms with Gasteiger partial charge < -0.3 is 25.1 Å². The summed E-state index contributed by atoms with van der Waals surface area (Å²) in [6.07, 6.45) is -4.98. The van der Waals surface area contributed by atoms with Gasteiger partial charge in [0.1, 0.15) is 12.2 Å². The number of aliphatic hydroxyl groups is 4. The second kappa shape index (κ2) is 5.50. The number of rotatable bonds is 5. The summed E-state index contributed by atoms with van der Waals surface area (Å²) in [6, 6.07) is 0. The average molecular weight is 176 g/mol. The van der Waals surface area contributed by atoms with Gasteiger partial charge in [-0.3, -0.25) is 0 Å². The van der Waals surface area contributed by atoms with Crippen LogP contribution < -0.4 is 0 Å². The molecule has 12 heavy (non-hydrogen) atoms. The molecule has 0 spiro atoms. The third-order valence-electron chi connectivity index (χ3n) is 1.58. The molecular weight excluding hydrogens is 163 g/mol. The van der Waals surface area contributed by atoms with Crippen molar-refractivity contribution in [3.8, 4) is 0 Å². The van der Waals surface area contributed by atoms with E-state index >= 15 is 0 Å². The van der Waals surface area contributed by atoms with E-state index in [0.29, 0.717) is 0 Å². The predicted molar refractivity (Wildman–Crippen MR) is 41.4 cm³/mol. The van der Waals surface area contributed by atoms with Crippen molar-refractivity contribution in [2.75, 3.05) is 6.61 Å². The van der Waals surface area contributed by atoms with E-state index in [2.05, 4.69) is 4.65 Å². The van der Waals surface area contributed by atoms with Crippen LogP contribution in [0.2, 0.25) is 0 Å². The van der Waals surface area contributed by atoms with E-state index in [1.54, 1.807) is 0 Å². The molecule has 0 heterocycles. The zero-order chi connectivity index (χ0) is 9.72. The second-order valence-electron chi connectivity index (χ2n) is 2.58. The highest BCUT2D eigenvalue weighted by molar-refractivity contribution is 5.98. The molecule has 4 atom stereocenters. The van der Waals surface area contributed by atoms with E-state index < -0.39 is 31.0 Å². The van der Waals surface area contributed by atoms with E-state index in [1.807, 2.05) is 0 Å². The highest BCUT2D eigenvalue weighted by Crippen LogP contribution is 2.06. The lowest BCUT2D eigenvalue weighted by Crippen LogP contribution is -2.45. The van der Waals surface area contributed by atoms with Crippen molar-refractivity contribution in [3.05, 3.63) is 0 Å². The minimum Gasteiger partial charge on any atom is -0.440 e. The van der Waals surface area contributed by atoms with Gasteiger partial charge in [-0.25, -0.2) is 0 Å². The van der Waals surface area contributed by atoms with Crippen molar-refractivity contribution >= 4 is 8.05 Å². The maximum Gasteiger partial charge on any atom is 0.283 e. The van der Waals surface area contributed by atoms with Gasteiger partial charge in [-0.15, -0.1) is 0 Å². The van der Waals surface area contributed by atoms with Crippen molar-refractivity contribution in [1.29, 1.82) is 0 Å². The van der Waals surface area contributed by atoms with Gasteiger partial charge in [-0.05, 0) is 6.92 Å². The summed E-state index contributed by atoms with van der Waals surface area (Å²) in [4.78, 5) is 0. The first kappa shape index (κ1) is 11.9. The summed E-state index contributed by atoms with van der Waals surface area (Å²) in [7, 11) is 4.71. The fraction of sp³-hybridized carbons (Fsp3) is 1.00. The first-order chi connectivity index (χ1) is 5.54. The van der Waals surface area contributed by atoms with E-state index in [9.17, 15) is 5.11 Å². The quantitative estimate of drug-likeness (QED) is 0.349. The molecule has 0 bridgehead atoms. The summed E-state index contributed by atoms with van der Waals surface area (Å²) in [6.45, 7) is 0.778. The lowest BCUT2D eigenvalue weighted by Gasteiger charge is -2.26. The fourth-order valence-corrected chi connectivity index (χ4v) is 0.737. The Bertz CT molecular complexity index is 115. The lowest BCUT2D eigenvalue weighted by atomic mass is 10.0. The molecule has 0 saturated carbocycles. The number of aliphatic hydroxyl groups excluding tert-OH is 4. The zero-order valence-electron chi connectivity index (χ0n) is 6.79. The molecule has 0 aromatic heterocycles. The summed E-state index contributed by atoms with van der Waals surface area (Å²) in [5.74, 6) is 0. The van der Waals surface area contributed by atoms with Crippen LogP contribution in [0.5, 0.6) is 0 Å². The molecule has 0 aromatic carbocycles. The van der Waals surface area contributed by atoms with Crippen LogP contribution in [-0.2, 0) is 4.65 Å². The van der Waals surface area contributed by atoms with Crippen molar-refractivity contribution in [2.45, 2.75) is 31.3 Å². The monoisotopic (exact) mass is 176 g/mol. The topological polar surface area (TPSA) is 90.2 Å². The standard InChI is InChI=1S/C6H13BO5/c1-3(9)5(10)6(11)4(2-8)12-7/h3-6,8-11H,2H2,1H3. The Kier molecular flexibility index (Phi) is 5.44. The largest absolute Gasteiger partial charge is 0.440 e. The van der Waals surface area contributed by atoms with E-state index in [-0.39, 0.29) is 0 Å². The molecule has 6 heteroatoms. The molecule has 0 fully saturated rings. The molecule has 70 valence electrons. The van der Waals surface area contributed by atoms with Crippen molar-refractivity contribution in [2.24, 2.45) is 0 Å². The van der Waals surface area contributed by atoms with Crippen LogP contribution in [0.25, 0.3) is 0 Å². The molecule has 4 N–H and O–H groups in total. The van der Waals surface area contributed by atoms with E-state index in [0.717, 1.165) is 0 Å². The maximum absolute atomic E-state index is 9.17. The Morgan fingerprint density at radius 3 is 2.00 bits per heavy atom. The van der Waals surface area contributed by atoms with E-state index in [1.165, 1.54) is 6.92 Å². The third kappa shape index (κ3) is 3.08. The normalized spacial score (nSPS) is 21.4. The second-order valence-corrected chi connectivity index (χ2v) is 2.58. The van der Waals surface area contributed by atoms with Crippen LogP contribution in [0.15, 0.2) is 0 Å². The first-order valence-electron chi connectivity index (χ1n) is 3.55. The molecule has 5 nitrogen and oxygen atoms in total. The molecule has 0 amide bonds. The maximum atomic E-state index is 9.17. The van der Waals surface area contributed by atoms with Gasteiger partial charge in [-0.2, -0.15) is 0 Å². The van der Waals surface area contributed by atoms with Crippen LogP contribution >= 0.6 is 0 Å². The first-order valence-corrected chi connectivity index (χ1v) is 3.55. The van der Waals surface area contributed by atoms with Crippen LogP contribution in [0.4, 0.5) is 0 Å². The Morgan fingerprint density at radius 2 is 1.75 bits per heavy atom. The summed E-state index contributed by atoms with van der Waals surface area (Å²) in [5, 5.41) is 35.7. The molecule has 0 aliphatic carbocycles. The van der Waals surface area contributed by atoms with Crippen LogP contribution in [-0.4, -0.2) is 59.5 Å². The van der Waals surface area contributed by atoms with Gasteiger partial charge in [0.15, 0.2) is 0 Å². The summed E-state index contributed by atoms with van der Waals surface area (Å²) in [5.41, 5.74) is 0. The average Bonchev–Trinajstić information content (AvgIpc) is 2.05. The number of hydrogen-bond donors (Lipinski definition) is 4. The highest BCUT2D eigenvalue weighted by Gasteiger charge is 2.28. The number of hydrogen-bond acceptors (Lipinski definition) is 5. The van der Waals surface area contributed by atoms with Gasteiger partial charge in [-0.1, -0.05) is 0 Å². The molecule has 0 rings (SSSR count). The highest BCUT2D eigenvalue weighted by atomic mass is 16.5. The molecule has 2 radical (unpaired) electrons. The van der Waals surface area contributed by atoms with Gasteiger partial charge in [0.05, 0.1) is 18.8 Å². The Balaban J connectivity index is 4.05. The fourth-order valence-electron chi connectivity index (χ4n) is 0.737.